The minimum atomic E-state index is 0.547. The molecule has 1 heterocycles. The molecule has 2 heteroatoms. The molecule has 1 nitrogen and oxygen atoms in total. The van der Waals surface area contributed by atoms with Crippen LogP contribution >= 0.6 is 11.3 Å². The molecule has 12 heavy (non-hydrogen) atoms. The van der Waals surface area contributed by atoms with Crippen molar-refractivity contribution in [3.8, 4) is 0 Å². The number of rotatable bonds is 4. The summed E-state index contributed by atoms with van der Waals surface area (Å²) >= 11 is 1.84. The minimum Gasteiger partial charge on any atom is -0.309 e. The zero-order chi connectivity index (χ0) is 8.39. The molecule has 1 aromatic heterocycles. The summed E-state index contributed by atoms with van der Waals surface area (Å²) in [6, 6.07) is 4.87. The van der Waals surface area contributed by atoms with E-state index in [4.69, 9.17) is 0 Å². The summed E-state index contributed by atoms with van der Waals surface area (Å²) in [6.07, 6.45) is 2.87. The Kier molecular flexibility index (Phi) is 2.47. The molecular formula is C10H15NS. The van der Waals surface area contributed by atoms with Crippen molar-refractivity contribution in [3.05, 3.63) is 22.4 Å². The Morgan fingerprint density at radius 2 is 2.50 bits per heavy atom. The molecule has 1 aromatic rings. The highest BCUT2D eigenvalue weighted by atomic mass is 32.1. The highest BCUT2D eigenvalue weighted by Crippen LogP contribution is 2.29. The first-order valence-corrected chi connectivity index (χ1v) is 5.51. The van der Waals surface area contributed by atoms with Crippen molar-refractivity contribution in [2.24, 2.45) is 5.92 Å². The van der Waals surface area contributed by atoms with Crippen molar-refractivity contribution in [2.75, 3.05) is 6.54 Å². The maximum Gasteiger partial charge on any atom is 0.0386 e. The summed E-state index contributed by atoms with van der Waals surface area (Å²) in [5, 5.41) is 5.70. The van der Waals surface area contributed by atoms with E-state index >= 15 is 0 Å². The van der Waals surface area contributed by atoms with Crippen molar-refractivity contribution in [1.29, 1.82) is 0 Å². The Labute approximate surface area is 77.8 Å². The van der Waals surface area contributed by atoms with Gasteiger partial charge in [-0.2, -0.15) is 0 Å². The van der Waals surface area contributed by atoms with E-state index in [2.05, 4.69) is 29.8 Å². The predicted octanol–water partition coefficient (Wildman–Crippen LogP) is 2.81. The lowest BCUT2D eigenvalue weighted by Gasteiger charge is -2.10. The van der Waals surface area contributed by atoms with Crippen molar-refractivity contribution < 1.29 is 0 Å². The normalized spacial score (nSPS) is 19.4. The van der Waals surface area contributed by atoms with E-state index in [-0.39, 0.29) is 0 Å². The average molecular weight is 181 g/mol. The van der Waals surface area contributed by atoms with E-state index in [0.717, 1.165) is 5.92 Å². The lowest BCUT2D eigenvalue weighted by molar-refractivity contribution is 0.555. The van der Waals surface area contributed by atoms with Crippen molar-refractivity contribution in [1.82, 2.24) is 5.32 Å². The first kappa shape index (κ1) is 8.27. The Bertz CT molecular complexity index is 226. The lowest BCUT2D eigenvalue weighted by atomic mass is 10.2. The van der Waals surface area contributed by atoms with Crippen LogP contribution in [0.1, 0.15) is 30.7 Å². The van der Waals surface area contributed by atoms with E-state index in [1.54, 1.807) is 0 Å². The molecule has 0 saturated heterocycles. The maximum atomic E-state index is 3.56. The molecule has 1 atom stereocenters. The highest BCUT2D eigenvalue weighted by molar-refractivity contribution is 7.10. The van der Waals surface area contributed by atoms with Gasteiger partial charge in [0.05, 0.1) is 0 Å². The largest absolute Gasteiger partial charge is 0.309 e. The van der Waals surface area contributed by atoms with Gasteiger partial charge in [0.2, 0.25) is 0 Å². The van der Waals surface area contributed by atoms with Crippen LogP contribution in [-0.4, -0.2) is 6.54 Å². The zero-order valence-electron chi connectivity index (χ0n) is 7.42. The van der Waals surface area contributed by atoms with Gasteiger partial charge < -0.3 is 5.32 Å². The van der Waals surface area contributed by atoms with Crippen LogP contribution in [0.5, 0.6) is 0 Å². The molecular weight excluding hydrogens is 166 g/mol. The molecule has 0 aliphatic heterocycles. The van der Waals surface area contributed by atoms with Gasteiger partial charge in [0, 0.05) is 10.9 Å². The van der Waals surface area contributed by atoms with Gasteiger partial charge in [0.15, 0.2) is 0 Å². The zero-order valence-corrected chi connectivity index (χ0v) is 8.23. The molecule has 1 aliphatic rings. The number of hydrogen-bond acceptors (Lipinski definition) is 2. The summed E-state index contributed by atoms with van der Waals surface area (Å²) in [5.41, 5.74) is 0. The summed E-state index contributed by atoms with van der Waals surface area (Å²) in [5.74, 6) is 0.979. The summed E-state index contributed by atoms with van der Waals surface area (Å²) < 4.78 is 0. The summed E-state index contributed by atoms with van der Waals surface area (Å²) in [7, 11) is 0. The van der Waals surface area contributed by atoms with Gasteiger partial charge in [-0.25, -0.2) is 0 Å². The first-order chi connectivity index (χ1) is 5.86. The van der Waals surface area contributed by atoms with Crippen molar-refractivity contribution in [3.63, 3.8) is 0 Å². The van der Waals surface area contributed by atoms with Crippen molar-refractivity contribution >= 4 is 11.3 Å². The molecule has 1 unspecified atom stereocenters. The van der Waals surface area contributed by atoms with Crippen LogP contribution in [0.4, 0.5) is 0 Å². The Balaban J connectivity index is 1.79. The number of hydrogen-bond donors (Lipinski definition) is 1. The highest BCUT2D eigenvalue weighted by Gasteiger charge is 2.21. The third-order valence-electron chi connectivity index (χ3n) is 2.38. The molecule has 0 radical (unpaired) electrons. The van der Waals surface area contributed by atoms with Crippen molar-refractivity contribution in [2.45, 2.75) is 25.8 Å². The molecule has 66 valence electrons. The van der Waals surface area contributed by atoms with Gasteiger partial charge in [0.1, 0.15) is 0 Å². The first-order valence-electron chi connectivity index (χ1n) is 4.63. The fourth-order valence-corrected chi connectivity index (χ4v) is 2.06. The van der Waals surface area contributed by atoms with Crippen LogP contribution in [-0.2, 0) is 0 Å². The molecule has 2 rings (SSSR count). The summed E-state index contributed by atoms with van der Waals surface area (Å²) in [6.45, 7) is 3.45. The molecule has 1 aliphatic carbocycles. The molecule has 1 fully saturated rings. The van der Waals surface area contributed by atoms with Crippen LogP contribution in [0.25, 0.3) is 0 Å². The van der Waals surface area contributed by atoms with Gasteiger partial charge >= 0.3 is 0 Å². The van der Waals surface area contributed by atoms with Crippen LogP contribution in [0, 0.1) is 5.92 Å². The minimum absolute atomic E-state index is 0.547. The van der Waals surface area contributed by atoms with Gasteiger partial charge in [-0.15, -0.1) is 11.3 Å². The fraction of sp³-hybridized carbons (Fsp3) is 0.600. The number of nitrogens with one attached hydrogen (secondary N) is 1. The Morgan fingerprint density at radius 3 is 3.08 bits per heavy atom. The average Bonchev–Trinajstić information content (AvgIpc) is 2.74. The molecule has 0 amide bonds. The fourth-order valence-electron chi connectivity index (χ4n) is 1.30. The monoisotopic (exact) mass is 181 g/mol. The quantitative estimate of drug-likeness (QED) is 0.753. The second-order valence-corrected chi connectivity index (χ2v) is 4.57. The molecule has 1 N–H and O–H groups in total. The van der Waals surface area contributed by atoms with Crippen LogP contribution in [0.2, 0.25) is 0 Å². The standard InChI is InChI=1S/C10H15NS/c1-8(10-3-2-6-12-10)11-7-9-4-5-9/h2-3,6,8-9,11H,4-5,7H2,1H3. The van der Waals surface area contributed by atoms with Gasteiger partial charge in [-0.3, -0.25) is 0 Å². The third-order valence-corrected chi connectivity index (χ3v) is 3.43. The van der Waals surface area contributed by atoms with Gasteiger partial charge in [-0.1, -0.05) is 6.07 Å². The van der Waals surface area contributed by atoms with Crippen LogP contribution < -0.4 is 5.32 Å². The molecule has 0 bridgehead atoms. The van der Waals surface area contributed by atoms with Crippen LogP contribution in [0.15, 0.2) is 17.5 Å². The topological polar surface area (TPSA) is 12.0 Å². The van der Waals surface area contributed by atoms with E-state index in [9.17, 15) is 0 Å². The second-order valence-electron chi connectivity index (χ2n) is 3.59. The van der Waals surface area contributed by atoms with E-state index in [1.165, 1.54) is 24.3 Å². The number of thiophene rings is 1. The molecule has 1 saturated carbocycles. The van der Waals surface area contributed by atoms with Gasteiger partial charge in [0.25, 0.3) is 0 Å². The predicted molar refractivity (Wildman–Crippen MR) is 53.5 cm³/mol. The smallest absolute Gasteiger partial charge is 0.0386 e. The third kappa shape index (κ3) is 2.08. The van der Waals surface area contributed by atoms with E-state index in [0.29, 0.717) is 6.04 Å². The SMILES string of the molecule is CC(NCC1CC1)c1cccs1. The Hall–Kier alpha value is -0.340. The van der Waals surface area contributed by atoms with E-state index < -0.39 is 0 Å². The van der Waals surface area contributed by atoms with Gasteiger partial charge in [-0.05, 0) is 43.7 Å². The van der Waals surface area contributed by atoms with E-state index in [1.807, 2.05) is 11.3 Å². The summed E-state index contributed by atoms with van der Waals surface area (Å²) in [4.78, 5) is 1.45. The lowest BCUT2D eigenvalue weighted by Crippen LogP contribution is -2.20. The maximum absolute atomic E-state index is 3.56. The Morgan fingerprint density at radius 1 is 1.67 bits per heavy atom. The second kappa shape index (κ2) is 3.58. The molecule has 0 aromatic carbocycles. The van der Waals surface area contributed by atoms with Crippen LogP contribution in [0.3, 0.4) is 0 Å². The molecule has 0 spiro atoms.